The van der Waals surface area contributed by atoms with Gasteiger partial charge in [0.25, 0.3) is 10.0 Å². The van der Waals surface area contributed by atoms with E-state index in [4.69, 9.17) is 4.74 Å². The van der Waals surface area contributed by atoms with Crippen LogP contribution in [0.25, 0.3) is 0 Å². The van der Waals surface area contributed by atoms with Gasteiger partial charge in [0.2, 0.25) is 5.90 Å². The zero-order chi connectivity index (χ0) is 26.3. The summed E-state index contributed by atoms with van der Waals surface area (Å²) in [5, 5.41) is -0.908. The predicted molar refractivity (Wildman–Crippen MR) is 143 cm³/mol. The Kier molecular flexibility index (Phi) is 7.37. The summed E-state index contributed by atoms with van der Waals surface area (Å²) in [6, 6.07) is 14.5. The van der Waals surface area contributed by atoms with E-state index in [1.165, 1.54) is 11.6 Å². The molecule has 2 aromatic rings. The van der Waals surface area contributed by atoms with E-state index in [-0.39, 0.29) is 29.6 Å². The summed E-state index contributed by atoms with van der Waals surface area (Å²) in [4.78, 5) is 2.52. The third-order valence-electron chi connectivity index (χ3n) is 7.61. The first-order valence-electron chi connectivity index (χ1n) is 12.9. The number of sulfonamides is 1. The Morgan fingerprint density at radius 3 is 2.19 bits per heavy atom. The minimum absolute atomic E-state index is 0.134. The van der Waals surface area contributed by atoms with Crippen LogP contribution in [-0.2, 0) is 14.8 Å². The molecule has 2 aliphatic heterocycles. The smallest absolute Gasteiger partial charge is 0.267 e. The molecule has 2 aliphatic rings. The SMILES string of the molecule is C[C@H](CC1=NS(=O)(=O)C(c2ccc(C3CCN(C(C)(C)C)CC3)cc2)C(C)(C)O1)c1ccccc1F. The maximum absolute atomic E-state index is 14.2. The molecule has 1 saturated heterocycles. The van der Waals surface area contributed by atoms with Crippen molar-refractivity contribution in [2.45, 2.75) is 89.0 Å². The van der Waals surface area contributed by atoms with Crippen LogP contribution in [0.3, 0.4) is 0 Å². The fraction of sp³-hybridized carbons (Fsp3) is 0.552. The largest absolute Gasteiger partial charge is 0.472 e. The first-order valence-corrected chi connectivity index (χ1v) is 14.4. The van der Waals surface area contributed by atoms with Crippen LogP contribution in [0.4, 0.5) is 4.39 Å². The summed E-state index contributed by atoms with van der Waals surface area (Å²) in [5.41, 5.74) is 1.63. The van der Waals surface area contributed by atoms with Crippen molar-refractivity contribution in [2.24, 2.45) is 4.40 Å². The Hall–Kier alpha value is -2.25. The first kappa shape index (κ1) is 26.8. The Bertz CT molecular complexity index is 1210. The van der Waals surface area contributed by atoms with E-state index in [0.29, 0.717) is 17.0 Å². The summed E-state index contributed by atoms with van der Waals surface area (Å²) in [6.45, 7) is 14.3. The van der Waals surface area contributed by atoms with Crippen LogP contribution in [0.1, 0.15) is 94.6 Å². The molecule has 36 heavy (non-hydrogen) atoms. The summed E-state index contributed by atoms with van der Waals surface area (Å²) >= 11 is 0. The Balaban J connectivity index is 1.51. The highest BCUT2D eigenvalue weighted by molar-refractivity contribution is 7.90. The van der Waals surface area contributed by atoms with E-state index in [9.17, 15) is 12.8 Å². The number of halogens is 1. The van der Waals surface area contributed by atoms with Crippen molar-refractivity contribution in [1.82, 2.24) is 4.90 Å². The predicted octanol–water partition coefficient (Wildman–Crippen LogP) is 6.58. The number of benzene rings is 2. The Morgan fingerprint density at radius 2 is 1.64 bits per heavy atom. The molecule has 2 heterocycles. The molecule has 196 valence electrons. The minimum Gasteiger partial charge on any atom is -0.472 e. The zero-order valence-electron chi connectivity index (χ0n) is 22.3. The maximum atomic E-state index is 14.2. The zero-order valence-corrected chi connectivity index (χ0v) is 23.1. The number of hydrogen-bond donors (Lipinski definition) is 0. The molecule has 1 unspecified atom stereocenters. The topological polar surface area (TPSA) is 59.0 Å². The third kappa shape index (κ3) is 5.67. The lowest BCUT2D eigenvalue weighted by atomic mass is 9.86. The van der Waals surface area contributed by atoms with Gasteiger partial charge in [-0.15, -0.1) is 4.40 Å². The molecule has 4 rings (SSSR count). The van der Waals surface area contributed by atoms with Gasteiger partial charge in [0.15, 0.2) is 0 Å². The number of ether oxygens (including phenoxy) is 1. The summed E-state index contributed by atoms with van der Waals surface area (Å²) in [7, 11) is -3.87. The van der Waals surface area contributed by atoms with Crippen molar-refractivity contribution in [1.29, 1.82) is 0 Å². The molecule has 0 aromatic heterocycles. The fourth-order valence-corrected chi connectivity index (χ4v) is 7.42. The van der Waals surface area contributed by atoms with Gasteiger partial charge in [-0.2, -0.15) is 0 Å². The number of nitrogens with zero attached hydrogens (tertiary/aromatic N) is 2. The Labute approximate surface area is 215 Å². The lowest BCUT2D eigenvalue weighted by Crippen LogP contribution is -2.45. The lowest BCUT2D eigenvalue weighted by Gasteiger charge is -2.41. The van der Waals surface area contributed by atoms with Gasteiger partial charge in [-0.1, -0.05) is 49.4 Å². The number of hydrogen-bond acceptors (Lipinski definition) is 4. The van der Waals surface area contributed by atoms with Crippen molar-refractivity contribution < 1.29 is 17.5 Å². The molecule has 0 saturated carbocycles. The van der Waals surface area contributed by atoms with Crippen LogP contribution in [0, 0.1) is 5.82 Å². The quantitative estimate of drug-likeness (QED) is 0.452. The summed E-state index contributed by atoms with van der Waals surface area (Å²) in [6.07, 6.45) is 2.41. The first-order chi connectivity index (χ1) is 16.8. The minimum atomic E-state index is -3.87. The molecular formula is C29H39FN2O3S. The van der Waals surface area contributed by atoms with Crippen molar-refractivity contribution in [2.75, 3.05) is 13.1 Å². The van der Waals surface area contributed by atoms with E-state index >= 15 is 0 Å². The van der Waals surface area contributed by atoms with Crippen molar-refractivity contribution in [3.8, 4) is 0 Å². The molecular weight excluding hydrogens is 475 g/mol. The van der Waals surface area contributed by atoms with E-state index in [1.807, 2.05) is 19.1 Å². The number of likely N-dealkylation sites (tertiary alicyclic amines) is 1. The molecule has 0 amide bonds. The molecule has 2 aromatic carbocycles. The van der Waals surface area contributed by atoms with Gasteiger partial charge in [0, 0.05) is 12.0 Å². The van der Waals surface area contributed by atoms with Gasteiger partial charge in [0.05, 0.1) is 0 Å². The monoisotopic (exact) mass is 514 g/mol. The molecule has 0 N–H and O–H groups in total. The van der Waals surface area contributed by atoms with E-state index in [1.54, 1.807) is 32.0 Å². The third-order valence-corrected chi connectivity index (χ3v) is 9.50. The fourth-order valence-electron chi connectivity index (χ4n) is 5.65. The number of piperidine rings is 1. The summed E-state index contributed by atoms with van der Waals surface area (Å²) < 4.78 is 51.1. The van der Waals surface area contributed by atoms with Crippen LogP contribution in [-0.4, -0.2) is 43.4 Å². The molecule has 2 atom stereocenters. The normalized spacial score (nSPS) is 23.5. The summed E-state index contributed by atoms with van der Waals surface area (Å²) in [5.74, 6) is 0.0330. The molecule has 7 heteroatoms. The van der Waals surface area contributed by atoms with Crippen molar-refractivity contribution >= 4 is 15.9 Å². The average Bonchev–Trinajstić information content (AvgIpc) is 2.77. The van der Waals surface area contributed by atoms with Crippen LogP contribution in [0.5, 0.6) is 0 Å². The van der Waals surface area contributed by atoms with E-state index in [2.05, 4.69) is 42.2 Å². The second kappa shape index (κ2) is 9.90. The van der Waals surface area contributed by atoms with Crippen LogP contribution >= 0.6 is 0 Å². The second-order valence-electron chi connectivity index (χ2n) is 11.8. The Morgan fingerprint density at radius 1 is 1.06 bits per heavy atom. The van der Waals surface area contributed by atoms with Crippen molar-refractivity contribution in [3.05, 3.63) is 71.0 Å². The molecule has 0 radical (unpaired) electrons. The van der Waals surface area contributed by atoms with Gasteiger partial charge in [-0.05, 0) is 95.1 Å². The molecule has 0 spiro atoms. The highest BCUT2D eigenvalue weighted by Gasteiger charge is 2.47. The molecule has 0 bridgehead atoms. The average molecular weight is 515 g/mol. The van der Waals surface area contributed by atoms with E-state index < -0.39 is 20.9 Å². The molecule has 1 fully saturated rings. The lowest BCUT2D eigenvalue weighted by molar-refractivity contribution is 0.0803. The standard InChI is InChI=1S/C29H39FN2O3S/c1-20(24-9-7-8-10-25(24)30)19-26-31-36(33,34)27(29(5,6)35-26)23-13-11-21(12-14-23)22-15-17-32(18-16-22)28(2,3)4/h7-14,20,22,27H,15-19H2,1-6H3/t20-,27?/m1/s1. The van der Waals surface area contributed by atoms with Crippen molar-refractivity contribution in [3.63, 3.8) is 0 Å². The highest BCUT2D eigenvalue weighted by Crippen LogP contribution is 2.42. The van der Waals surface area contributed by atoms with E-state index in [0.717, 1.165) is 25.9 Å². The highest BCUT2D eigenvalue weighted by atomic mass is 32.2. The molecule has 5 nitrogen and oxygen atoms in total. The second-order valence-corrected chi connectivity index (χ2v) is 13.5. The number of rotatable bonds is 5. The van der Waals surface area contributed by atoms with Crippen LogP contribution < -0.4 is 0 Å². The van der Waals surface area contributed by atoms with Gasteiger partial charge in [0.1, 0.15) is 16.7 Å². The maximum Gasteiger partial charge on any atom is 0.267 e. The van der Waals surface area contributed by atoms with Gasteiger partial charge < -0.3 is 4.74 Å². The van der Waals surface area contributed by atoms with Gasteiger partial charge >= 0.3 is 0 Å². The molecule has 0 aliphatic carbocycles. The van der Waals surface area contributed by atoms with Crippen LogP contribution in [0.15, 0.2) is 52.9 Å². The van der Waals surface area contributed by atoms with Crippen LogP contribution in [0.2, 0.25) is 0 Å². The van der Waals surface area contributed by atoms with Gasteiger partial charge in [-0.3, -0.25) is 4.90 Å². The van der Waals surface area contributed by atoms with Gasteiger partial charge in [-0.25, -0.2) is 12.8 Å².